The molecule has 0 unspecified atom stereocenters. The van der Waals surface area contributed by atoms with Crippen molar-refractivity contribution in [2.75, 3.05) is 6.54 Å². The van der Waals surface area contributed by atoms with E-state index in [1.807, 2.05) is 12.2 Å². The first kappa shape index (κ1) is 14.1. The molecule has 1 saturated carbocycles. The summed E-state index contributed by atoms with van der Waals surface area (Å²) in [6.45, 7) is 2.88. The van der Waals surface area contributed by atoms with Gasteiger partial charge in [-0.2, -0.15) is 0 Å². The second-order valence-electron chi connectivity index (χ2n) is 6.23. The van der Waals surface area contributed by atoms with Crippen molar-refractivity contribution in [3.05, 3.63) is 12.2 Å². The molecule has 0 aromatic carbocycles. The van der Waals surface area contributed by atoms with E-state index in [1.165, 1.54) is 12.8 Å². The quantitative estimate of drug-likeness (QED) is 0.767. The number of carboxylic acid groups (broad SMARTS) is 1. The molecule has 0 spiro atoms. The monoisotopic (exact) mass is 265 g/mol. The summed E-state index contributed by atoms with van der Waals surface area (Å²) in [6, 6.07) is 0. The van der Waals surface area contributed by atoms with Crippen molar-refractivity contribution in [1.29, 1.82) is 0 Å². The van der Waals surface area contributed by atoms with Gasteiger partial charge in [0.25, 0.3) is 0 Å². The Hall–Kier alpha value is -1.32. The summed E-state index contributed by atoms with van der Waals surface area (Å²) in [5.41, 5.74) is 0.207. The molecule has 2 aliphatic carbocycles. The molecule has 0 aromatic heterocycles. The van der Waals surface area contributed by atoms with E-state index in [4.69, 9.17) is 0 Å². The van der Waals surface area contributed by atoms with E-state index in [9.17, 15) is 14.7 Å². The van der Waals surface area contributed by atoms with E-state index >= 15 is 0 Å². The van der Waals surface area contributed by atoms with Crippen LogP contribution in [0.1, 0.15) is 45.4 Å². The van der Waals surface area contributed by atoms with Gasteiger partial charge in [0.2, 0.25) is 5.91 Å². The van der Waals surface area contributed by atoms with Crippen molar-refractivity contribution >= 4 is 11.9 Å². The second kappa shape index (κ2) is 5.76. The Bertz CT molecular complexity index is 383. The van der Waals surface area contributed by atoms with Crippen molar-refractivity contribution in [3.8, 4) is 0 Å². The minimum absolute atomic E-state index is 0.0927. The van der Waals surface area contributed by atoms with Gasteiger partial charge in [-0.1, -0.05) is 31.9 Å². The molecule has 2 N–H and O–H groups in total. The van der Waals surface area contributed by atoms with Crippen molar-refractivity contribution in [1.82, 2.24) is 5.32 Å². The fraction of sp³-hybridized carbons (Fsp3) is 0.733. The van der Waals surface area contributed by atoms with Crippen LogP contribution in [0.3, 0.4) is 0 Å². The summed E-state index contributed by atoms with van der Waals surface area (Å²) in [6.07, 6.45) is 9.55. The third-order valence-electron chi connectivity index (χ3n) is 4.59. The number of amides is 1. The Balaban J connectivity index is 1.91. The lowest BCUT2D eigenvalue weighted by atomic mass is 9.82. The Kier molecular flexibility index (Phi) is 4.27. The lowest BCUT2D eigenvalue weighted by Gasteiger charge is -2.28. The SMILES string of the molecule is CC1(CNC(=O)[C@@H]2CC=CC[C@@H]2C(=O)O)CCCC1. The molecule has 19 heavy (non-hydrogen) atoms. The third kappa shape index (κ3) is 3.37. The molecule has 4 nitrogen and oxygen atoms in total. The molecule has 1 fully saturated rings. The zero-order chi connectivity index (χ0) is 13.9. The Morgan fingerprint density at radius 3 is 2.37 bits per heavy atom. The number of rotatable bonds is 4. The number of nitrogens with one attached hydrogen (secondary N) is 1. The molecule has 1 amide bonds. The van der Waals surface area contributed by atoms with Crippen molar-refractivity contribution in [3.63, 3.8) is 0 Å². The summed E-state index contributed by atoms with van der Waals surface area (Å²) in [5.74, 6) is -1.93. The fourth-order valence-corrected chi connectivity index (χ4v) is 3.21. The van der Waals surface area contributed by atoms with Crippen LogP contribution >= 0.6 is 0 Å². The van der Waals surface area contributed by atoms with E-state index in [1.54, 1.807) is 0 Å². The van der Waals surface area contributed by atoms with Crippen LogP contribution in [0.4, 0.5) is 0 Å². The summed E-state index contributed by atoms with van der Waals surface area (Å²) in [5, 5.41) is 12.2. The van der Waals surface area contributed by atoms with Crippen LogP contribution < -0.4 is 5.32 Å². The minimum atomic E-state index is -0.864. The third-order valence-corrected chi connectivity index (χ3v) is 4.59. The van der Waals surface area contributed by atoms with Gasteiger partial charge in [-0.3, -0.25) is 9.59 Å². The molecular weight excluding hydrogens is 242 g/mol. The molecule has 4 heteroatoms. The maximum absolute atomic E-state index is 12.2. The van der Waals surface area contributed by atoms with Gasteiger partial charge in [0.05, 0.1) is 11.8 Å². The molecule has 0 radical (unpaired) electrons. The van der Waals surface area contributed by atoms with Crippen LogP contribution in [-0.4, -0.2) is 23.5 Å². The molecule has 0 saturated heterocycles. The van der Waals surface area contributed by atoms with Crippen LogP contribution in [0.15, 0.2) is 12.2 Å². The van der Waals surface area contributed by atoms with E-state index in [2.05, 4.69) is 12.2 Å². The predicted molar refractivity (Wildman–Crippen MR) is 72.6 cm³/mol. The largest absolute Gasteiger partial charge is 0.481 e. The predicted octanol–water partition coefficient (Wildman–Crippen LogP) is 2.35. The zero-order valence-corrected chi connectivity index (χ0v) is 11.5. The first-order valence-electron chi connectivity index (χ1n) is 7.17. The van der Waals surface area contributed by atoms with Gasteiger partial charge >= 0.3 is 5.97 Å². The minimum Gasteiger partial charge on any atom is -0.481 e. The molecule has 0 heterocycles. The molecule has 0 aliphatic heterocycles. The van der Waals surface area contributed by atoms with Crippen LogP contribution in [0.5, 0.6) is 0 Å². The van der Waals surface area contributed by atoms with Gasteiger partial charge < -0.3 is 10.4 Å². The highest BCUT2D eigenvalue weighted by Gasteiger charge is 2.35. The van der Waals surface area contributed by atoms with Crippen LogP contribution in [0.2, 0.25) is 0 Å². The smallest absolute Gasteiger partial charge is 0.307 e. The normalized spacial score (nSPS) is 29.1. The molecule has 0 aromatic rings. The topological polar surface area (TPSA) is 66.4 Å². The molecule has 2 atom stereocenters. The Morgan fingerprint density at radius 1 is 1.21 bits per heavy atom. The first-order valence-corrected chi connectivity index (χ1v) is 7.17. The molecule has 106 valence electrons. The van der Waals surface area contributed by atoms with E-state index < -0.39 is 17.8 Å². The number of carboxylic acids is 1. The van der Waals surface area contributed by atoms with Crippen LogP contribution in [0.25, 0.3) is 0 Å². The summed E-state index contributed by atoms with van der Waals surface area (Å²) >= 11 is 0. The molecule has 2 rings (SSSR count). The standard InChI is InChI=1S/C15H23NO3/c1-15(8-4-5-9-15)10-16-13(17)11-6-2-3-7-12(11)14(18)19/h2-3,11-12H,4-10H2,1H3,(H,16,17)(H,18,19)/t11-,12+/m1/s1. The summed E-state index contributed by atoms with van der Waals surface area (Å²) < 4.78 is 0. The van der Waals surface area contributed by atoms with Crippen LogP contribution in [-0.2, 0) is 9.59 Å². The van der Waals surface area contributed by atoms with Gasteiger partial charge in [-0.25, -0.2) is 0 Å². The van der Waals surface area contributed by atoms with Gasteiger partial charge in [0, 0.05) is 6.54 Å². The highest BCUT2D eigenvalue weighted by Crippen LogP contribution is 2.37. The molecule has 2 aliphatic rings. The maximum atomic E-state index is 12.2. The number of hydrogen-bond acceptors (Lipinski definition) is 2. The second-order valence-corrected chi connectivity index (χ2v) is 6.23. The van der Waals surface area contributed by atoms with Gasteiger partial charge in [0.15, 0.2) is 0 Å². The maximum Gasteiger partial charge on any atom is 0.307 e. The number of allylic oxidation sites excluding steroid dienone is 2. The summed E-state index contributed by atoms with van der Waals surface area (Å²) in [7, 11) is 0. The number of hydrogen-bond donors (Lipinski definition) is 2. The highest BCUT2D eigenvalue weighted by molar-refractivity contribution is 5.85. The average molecular weight is 265 g/mol. The van der Waals surface area contributed by atoms with E-state index in [0.717, 1.165) is 12.8 Å². The number of carbonyl (C=O) groups excluding carboxylic acids is 1. The summed E-state index contributed by atoms with van der Waals surface area (Å²) in [4.78, 5) is 23.4. The van der Waals surface area contributed by atoms with Crippen molar-refractivity contribution < 1.29 is 14.7 Å². The van der Waals surface area contributed by atoms with Crippen molar-refractivity contribution in [2.24, 2.45) is 17.3 Å². The highest BCUT2D eigenvalue weighted by atomic mass is 16.4. The molecule has 0 bridgehead atoms. The van der Waals surface area contributed by atoms with Gasteiger partial charge in [-0.05, 0) is 31.1 Å². The van der Waals surface area contributed by atoms with E-state index in [0.29, 0.717) is 19.4 Å². The van der Waals surface area contributed by atoms with Crippen molar-refractivity contribution in [2.45, 2.75) is 45.4 Å². The number of aliphatic carboxylic acids is 1. The molecular formula is C15H23NO3. The van der Waals surface area contributed by atoms with E-state index in [-0.39, 0.29) is 11.3 Å². The zero-order valence-electron chi connectivity index (χ0n) is 11.5. The Morgan fingerprint density at radius 2 is 1.79 bits per heavy atom. The average Bonchev–Trinajstić information content (AvgIpc) is 2.83. The number of carbonyl (C=O) groups is 2. The van der Waals surface area contributed by atoms with Crippen LogP contribution in [0, 0.1) is 17.3 Å². The Labute approximate surface area is 114 Å². The van der Waals surface area contributed by atoms with Gasteiger partial charge in [-0.15, -0.1) is 0 Å². The lowest BCUT2D eigenvalue weighted by Crippen LogP contribution is -2.42. The van der Waals surface area contributed by atoms with Gasteiger partial charge in [0.1, 0.15) is 0 Å². The fourth-order valence-electron chi connectivity index (χ4n) is 3.21. The first-order chi connectivity index (χ1) is 9.02. The lowest BCUT2D eigenvalue weighted by molar-refractivity contribution is -0.147.